The van der Waals surface area contributed by atoms with E-state index in [1.165, 1.54) is 16.5 Å². The van der Waals surface area contributed by atoms with Crippen molar-refractivity contribution >= 4 is 24.1 Å². The number of pyridine rings is 1. The van der Waals surface area contributed by atoms with Crippen molar-refractivity contribution in [1.29, 1.82) is 0 Å². The molecule has 1 aliphatic rings. The molecule has 1 fully saturated rings. The zero-order valence-corrected chi connectivity index (χ0v) is 24.7. The summed E-state index contributed by atoms with van der Waals surface area (Å²) in [5, 5.41) is 7.13. The minimum Gasteiger partial charge on any atom is -0.386 e. The van der Waals surface area contributed by atoms with Crippen molar-refractivity contribution in [1.82, 2.24) is 19.7 Å². The van der Waals surface area contributed by atoms with Crippen LogP contribution in [0.4, 0.5) is 20.2 Å². The van der Waals surface area contributed by atoms with Crippen LogP contribution in [0.15, 0.2) is 67.0 Å². The van der Waals surface area contributed by atoms with Gasteiger partial charge in [-0.3, -0.25) is 14.6 Å². The number of rotatable bonds is 7. The molecule has 8 nitrogen and oxygen atoms in total. The third-order valence-electron chi connectivity index (χ3n) is 6.88. The lowest BCUT2D eigenvalue weighted by Crippen LogP contribution is -2.43. The molecule has 1 aliphatic heterocycles. The van der Waals surface area contributed by atoms with E-state index < -0.39 is 11.6 Å². The van der Waals surface area contributed by atoms with Crippen molar-refractivity contribution in [3.05, 3.63) is 89.9 Å². The van der Waals surface area contributed by atoms with Gasteiger partial charge in [0.05, 0.1) is 17.1 Å². The minimum absolute atomic E-state index is 0.00273. The molecule has 0 radical (unpaired) electrons. The number of amides is 1. The van der Waals surface area contributed by atoms with Crippen molar-refractivity contribution in [2.75, 3.05) is 37.4 Å². The first-order chi connectivity index (χ1) is 20.4. The van der Waals surface area contributed by atoms with Crippen LogP contribution in [0.2, 0.25) is 0 Å². The van der Waals surface area contributed by atoms with E-state index in [1.807, 2.05) is 64.2 Å². The number of anilines is 2. The SMILES string of the molecule is CC.CNc1ccc(F)c(F)c1N(C=O)C1CCN(C)CC1.Cc1ccc(-n2nc(C=O)cc2-c2cccnc2)cc1. The lowest BCUT2D eigenvalue weighted by molar-refractivity contribution is -0.108. The highest BCUT2D eigenvalue weighted by Gasteiger charge is 2.28. The largest absolute Gasteiger partial charge is 0.386 e. The summed E-state index contributed by atoms with van der Waals surface area (Å²) in [6, 6.07) is 16.0. The molecule has 1 amide bonds. The van der Waals surface area contributed by atoms with Crippen molar-refractivity contribution in [2.24, 2.45) is 0 Å². The van der Waals surface area contributed by atoms with Gasteiger partial charge in [0.2, 0.25) is 6.41 Å². The number of aldehydes is 1. The van der Waals surface area contributed by atoms with Crippen LogP contribution < -0.4 is 10.2 Å². The number of hydrogen-bond acceptors (Lipinski definition) is 6. The summed E-state index contributed by atoms with van der Waals surface area (Å²) < 4.78 is 29.3. The fourth-order valence-corrected chi connectivity index (χ4v) is 4.65. The molecule has 0 aliphatic carbocycles. The number of piperidine rings is 1. The van der Waals surface area contributed by atoms with Crippen LogP contribution in [0.25, 0.3) is 16.9 Å². The Morgan fingerprint density at radius 1 is 1.02 bits per heavy atom. The Morgan fingerprint density at radius 3 is 2.29 bits per heavy atom. The maximum absolute atomic E-state index is 14.1. The van der Waals surface area contributed by atoms with Crippen LogP contribution in [-0.4, -0.2) is 65.6 Å². The van der Waals surface area contributed by atoms with Crippen molar-refractivity contribution in [2.45, 2.75) is 39.7 Å². The van der Waals surface area contributed by atoms with Gasteiger partial charge in [-0.15, -0.1) is 0 Å². The van der Waals surface area contributed by atoms with Gasteiger partial charge in [-0.25, -0.2) is 13.5 Å². The Morgan fingerprint density at radius 2 is 1.71 bits per heavy atom. The first kappa shape index (κ1) is 32.1. The summed E-state index contributed by atoms with van der Waals surface area (Å²) in [7, 11) is 3.62. The van der Waals surface area contributed by atoms with E-state index in [2.05, 4.69) is 20.3 Å². The molecule has 0 atom stereocenters. The van der Waals surface area contributed by atoms with Crippen LogP contribution in [-0.2, 0) is 4.79 Å². The van der Waals surface area contributed by atoms with Gasteiger partial charge in [0.1, 0.15) is 11.4 Å². The number of carbonyl (C=O) groups is 2. The molecule has 1 saturated heterocycles. The number of halogens is 2. The Labute approximate surface area is 246 Å². The number of carbonyl (C=O) groups excluding carboxylic acids is 2. The quantitative estimate of drug-likeness (QED) is 0.266. The summed E-state index contributed by atoms with van der Waals surface area (Å²) >= 11 is 0. The monoisotopic (exact) mass is 576 g/mol. The molecule has 42 heavy (non-hydrogen) atoms. The maximum Gasteiger partial charge on any atom is 0.214 e. The van der Waals surface area contributed by atoms with Gasteiger partial charge in [0.15, 0.2) is 17.9 Å². The normalized spacial score (nSPS) is 13.2. The summed E-state index contributed by atoms with van der Waals surface area (Å²) in [4.78, 5) is 30.0. The Balaban J connectivity index is 0.000000218. The van der Waals surface area contributed by atoms with Gasteiger partial charge in [0, 0.05) is 31.0 Å². The van der Waals surface area contributed by atoms with E-state index >= 15 is 0 Å². The Kier molecular flexibility index (Phi) is 11.9. The van der Waals surface area contributed by atoms with E-state index in [9.17, 15) is 18.4 Å². The molecule has 1 N–H and O–H groups in total. The predicted molar refractivity (Wildman–Crippen MR) is 163 cm³/mol. The lowest BCUT2D eigenvalue weighted by Gasteiger charge is -2.36. The number of nitrogens with zero attached hydrogens (tertiary/aromatic N) is 5. The van der Waals surface area contributed by atoms with E-state index in [4.69, 9.17) is 0 Å². The van der Waals surface area contributed by atoms with E-state index in [-0.39, 0.29) is 11.7 Å². The van der Waals surface area contributed by atoms with Crippen LogP contribution in [0, 0.1) is 18.6 Å². The topological polar surface area (TPSA) is 83.4 Å². The average molecular weight is 577 g/mol. The number of benzene rings is 2. The molecular weight excluding hydrogens is 538 g/mol. The van der Waals surface area contributed by atoms with Crippen molar-refractivity contribution in [3.8, 4) is 16.9 Å². The molecule has 5 rings (SSSR count). The zero-order valence-electron chi connectivity index (χ0n) is 24.7. The van der Waals surface area contributed by atoms with Crippen LogP contribution in [0.1, 0.15) is 42.7 Å². The van der Waals surface area contributed by atoms with Crippen molar-refractivity contribution in [3.63, 3.8) is 0 Å². The maximum atomic E-state index is 14.1. The molecule has 4 aromatic rings. The summed E-state index contributed by atoms with van der Waals surface area (Å²) in [6.45, 7) is 7.70. The van der Waals surface area contributed by atoms with Gasteiger partial charge in [-0.1, -0.05) is 31.5 Å². The number of aryl methyl sites for hydroxylation is 1. The zero-order chi connectivity index (χ0) is 30.6. The third kappa shape index (κ3) is 7.64. The number of likely N-dealkylation sites (tertiary alicyclic amines) is 1. The molecule has 3 heterocycles. The van der Waals surface area contributed by atoms with Crippen molar-refractivity contribution < 1.29 is 18.4 Å². The molecule has 0 unspecified atom stereocenters. The molecule has 0 bridgehead atoms. The standard InChI is InChI=1S/C16H13N3O.C14H19F2N3O.C2H6/c1-12-4-6-15(7-5-12)19-16(9-14(11-20)18-19)13-3-2-8-17-10-13;1-17-12-4-3-11(15)13(16)14(12)19(9-20)10-5-7-18(2)8-6-10;1-2/h2-11H,1H3;3-4,9-10,17H,5-8H2,1-2H3;1-2H3. The number of nitrogens with one attached hydrogen (secondary N) is 1. The van der Waals surface area contributed by atoms with Crippen LogP contribution in [0.3, 0.4) is 0 Å². The van der Waals surface area contributed by atoms with E-state index in [1.54, 1.807) is 30.2 Å². The fourth-order valence-electron chi connectivity index (χ4n) is 4.65. The summed E-state index contributed by atoms with van der Waals surface area (Å²) in [5.41, 5.74) is 4.69. The molecule has 2 aromatic carbocycles. The molecular formula is C32H38F2N6O2. The fraction of sp³-hybridized carbons (Fsp3) is 0.312. The van der Waals surface area contributed by atoms with E-state index in [0.717, 1.165) is 55.2 Å². The molecule has 10 heteroatoms. The molecule has 0 saturated carbocycles. The Hall–Kier alpha value is -4.44. The van der Waals surface area contributed by atoms with Gasteiger partial charge in [-0.05, 0) is 82.4 Å². The van der Waals surface area contributed by atoms with Gasteiger partial charge in [0.25, 0.3) is 0 Å². The van der Waals surface area contributed by atoms with Gasteiger partial charge in [-0.2, -0.15) is 5.10 Å². The summed E-state index contributed by atoms with van der Waals surface area (Å²) in [6.07, 6.45) is 6.31. The first-order valence-electron chi connectivity index (χ1n) is 14.0. The minimum atomic E-state index is -0.983. The second-order valence-corrected chi connectivity index (χ2v) is 9.62. The second kappa shape index (κ2) is 15.5. The average Bonchev–Trinajstić information content (AvgIpc) is 3.47. The molecule has 222 valence electrons. The summed E-state index contributed by atoms with van der Waals surface area (Å²) in [5.74, 6) is -1.93. The highest BCUT2D eigenvalue weighted by atomic mass is 19.2. The van der Waals surface area contributed by atoms with Crippen LogP contribution >= 0.6 is 0 Å². The highest BCUT2D eigenvalue weighted by molar-refractivity contribution is 5.84. The highest BCUT2D eigenvalue weighted by Crippen LogP contribution is 2.33. The molecule has 2 aromatic heterocycles. The first-order valence-corrected chi connectivity index (χ1v) is 14.0. The second-order valence-electron chi connectivity index (χ2n) is 9.62. The number of aromatic nitrogens is 3. The predicted octanol–water partition coefficient (Wildman–Crippen LogP) is 6.14. The van der Waals surface area contributed by atoms with Gasteiger partial charge >= 0.3 is 0 Å². The van der Waals surface area contributed by atoms with Crippen LogP contribution in [0.5, 0.6) is 0 Å². The third-order valence-corrected chi connectivity index (χ3v) is 6.88. The smallest absolute Gasteiger partial charge is 0.214 e. The molecule has 0 spiro atoms. The Bertz CT molecular complexity index is 1440. The number of hydrogen-bond donors (Lipinski definition) is 1. The lowest BCUT2D eigenvalue weighted by atomic mass is 10.0. The van der Waals surface area contributed by atoms with E-state index in [0.29, 0.717) is 17.8 Å². The van der Waals surface area contributed by atoms with Gasteiger partial charge < -0.3 is 15.1 Å².